The largest absolute Gasteiger partial charge is 0.481 e. The lowest BCUT2D eigenvalue weighted by molar-refractivity contribution is -0.149. The molecule has 1 saturated heterocycles. The van der Waals surface area contributed by atoms with Gasteiger partial charge in [-0.25, -0.2) is 0 Å². The van der Waals surface area contributed by atoms with Gasteiger partial charge < -0.3 is 10.4 Å². The highest BCUT2D eigenvalue weighted by Gasteiger charge is 2.55. The number of anilines is 1. The number of carbonyl (C=O) groups is 2. The summed E-state index contributed by atoms with van der Waals surface area (Å²) in [5, 5.41) is 13.2. The van der Waals surface area contributed by atoms with Crippen LogP contribution in [0, 0.1) is 18.3 Å². The number of nitrogens with zero attached hydrogens (tertiary/aromatic N) is 1. The van der Waals surface area contributed by atoms with E-state index in [4.69, 9.17) is 11.6 Å². The van der Waals surface area contributed by atoms with Gasteiger partial charge in [-0.2, -0.15) is 0 Å². The van der Waals surface area contributed by atoms with Gasteiger partial charge in [-0.3, -0.25) is 14.5 Å². The molecule has 1 heterocycles. The number of rotatable bonds is 4. The number of carboxylic acid groups (broad SMARTS) is 1. The average molecular weight is 351 g/mol. The van der Waals surface area contributed by atoms with Crippen molar-refractivity contribution in [1.29, 1.82) is 0 Å². The Morgan fingerprint density at radius 3 is 2.88 bits per heavy atom. The number of likely N-dealkylation sites (tertiary alicyclic amines) is 1. The normalized spacial score (nSPS) is 27.7. The van der Waals surface area contributed by atoms with Gasteiger partial charge in [0.05, 0.1) is 11.5 Å². The van der Waals surface area contributed by atoms with E-state index in [-0.39, 0.29) is 17.9 Å². The van der Waals surface area contributed by atoms with E-state index in [2.05, 4.69) is 5.32 Å². The van der Waals surface area contributed by atoms with Crippen LogP contribution >= 0.6 is 11.6 Å². The van der Waals surface area contributed by atoms with Crippen LogP contribution in [0.5, 0.6) is 0 Å². The topological polar surface area (TPSA) is 69.6 Å². The zero-order valence-corrected chi connectivity index (χ0v) is 14.8. The molecule has 1 aliphatic carbocycles. The molecule has 0 aromatic heterocycles. The van der Waals surface area contributed by atoms with Gasteiger partial charge in [-0.1, -0.05) is 24.1 Å². The molecule has 0 spiro atoms. The van der Waals surface area contributed by atoms with Gasteiger partial charge in [0.1, 0.15) is 0 Å². The number of hydrogen-bond acceptors (Lipinski definition) is 3. The summed E-state index contributed by atoms with van der Waals surface area (Å²) in [5.74, 6) is -0.690. The van der Waals surface area contributed by atoms with Crippen LogP contribution in [0.1, 0.15) is 31.7 Å². The van der Waals surface area contributed by atoms with Crippen LogP contribution in [0.4, 0.5) is 5.69 Å². The number of hydrogen-bond donors (Lipinski definition) is 2. The number of amides is 1. The van der Waals surface area contributed by atoms with Gasteiger partial charge in [-0.15, -0.1) is 0 Å². The number of benzene rings is 1. The quantitative estimate of drug-likeness (QED) is 0.875. The summed E-state index contributed by atoms with van der Waals surface area (Å²) >= 11 is 6.00. The highest BCUT2D eigenvalue weighted by molar-refractivity contribution is 6.31. The SMILES string of the molecule is Cc1ccc(Cl)cc1NC(=O)C(C)N1C[C@@H]2CCC[C@@]2(C(=O)O)C1. The van der Waals surface area contributed by atoms with E-state index in [0.717, 1.165) is 18.4 Å². The van der Waals surface area contributed by atoms with Gasteiger partial charge in [0.25, 0.3) is 0 Å². The molecule has 0 bridgehead atoms. The van der Waals surface area contributed by atoms with Gasteiger partial charge >= 0.3 is 5.97 Å². The van der Waals surface area contributed by atoms with Crippen LogP contribution in [0.3, 0.4) is 0 Å². The minimum Gasteiger partial charge on any atom is -0.481 e. The predicted octanol–water partition coefficient (Wildman–Crippen LogP) is 3.16. The second-order valence-corrected chi connectivity index (χ2v) is 7.54. The molecular weight excluding hydrogens is 328 g/mol. The molecule has 1 unspecified atom stereocenters. The number of fused-ring (bicyclic) bond motifs is 1. The van der Waals surface area contributed by atoms with Crippen molar-refractivity contribution in [2.75, 3.05) is 18.4 Å². The highest BCUT2D eigenvalue weighted by Crippen LogP contribution is 2.49. The van der Waals surface area contributed by atoms with Crippen molar-refractivity contribution in [3.8, 4) is 0 Å². The fourth-order valence-electron chi connectivity index (χ4n) is 4.10. The van der Waals surface area contributed by atoms with E-state index < -0.39 is 11.4 Å². The van der Waals surface area contributed by atoms with Gasteiger partial charge in [0.2, 0.25) is 5.91 Å². The van der Waals surface area contributed by atoms with Crippen molar-refractivity contribution in [2.45, 2.75) is 39.2 Å². The van der Waals surface area contributed by atoms with Crippen LogP contribution in [0.15, 0.2) is 18.2 Å². The third-order valence-electron chi connectivity index (χ3n) is 5.71. The molecule has 1 saturated carbocycles. The molecule has 1 aliphatic heterocycles. The van der Waals surface area contributed by atoms with E-state index in [0.29, 0.717) is 30.2 Å². The Morgan fingerprint density at radius 2 is 2.21 bits per heavy atom. The fraction of sp³-hybridized carbons (Fsp3) is 0.556. The van der Waals surface area contributed by atoms with E-state index in [9.17, 15) is 14.7 Å². The molecule has 1 amide bonds. The molecule has 2 aliphatic rings. The van der Waals surface area contributed by atoms with Gasteiger partial charge in [-0.05, 0) is 50.3 Å². The van der Waals surface area contributed by atoms with E-state index in [1.54, 1.807) is 12.1 Å². The lowest BCUT2D eigenvalue weighted by Crippen LogP contribution is -2.43. The molecule has 130 valence electrons. The zero-order valence-electron chi connectivity index (χ0n) is 14.0. The standard InChI is InChI=1S/C18H23ClN2O3/c1-11-5-6-14(19)8-15(11)20-16(22)12(2)21-9-13-4-3-7-18(13,10-21)17(23)24/h5-6,8,12-13H,3-4,7,9-10H2,1-2H3,(H,20,22)(H,23,24)/t12?,13-,18+/m0/s1. The third-order valence-corrected chi connectivity index (χ3v) is 5.94. The summed E-state index contributed by atoms with van der Waals surface area (Å²) in [6.45, 7) is 4.88. The lowest BCUT2D eigenvalue weighted by atomic mass is 9.81. The van der Waals surface area contributed by atoms with Crippen molar-refractivity contribution in [3.63, 3.8) is 0 Å². The number of carboxylic acids is 1. The summed E-state index contributed by atoms with van der Waals surface area (Å²) < 4.78 is 0. The van der Waals surface area contributed by atoms with Gasteiger partial charge in [0, 0.05) is 23.8 Å². The Morgan fingerprint density at radius 1 is 1.46 bits per heavy atom. The maximum atomic E-state index is 12.6. The molecule has 2 N–H and O–H groups in total. The van der Waals surface area contributed by atoms with Crippen molar-refractivity contribution < 1.29 is 14.7 Å². The van der Waals surface area contributed by atoms with Crippen molar-refractivity contribution in [2.24, 2.45) is 11.3 Å². The molecule has 3 rings (SSSR count). The van der Waals surface area contributed by atoms with Crippen LogP contribution in [0.2, 0.25) is 5.02 Å². The Kier molecular flexibility index (Phi) is 4.58. The first-order valence-corrected chi connectivity index (χ1v) is 8.76. The summed E-state index contributed by atoms with van der Waals surface area (Å²) in [5.41, 5.74) is 0.979. The summed E-state index contributed by atoms with van der Waals surface area (Å²) in [4.78, 5) is 26.4. The highest BCUT2D eigenvalue weighted by atomic mass is 35.5. The van der Waals surface area contributed by atoms with Crippen LogP contribution < -0.4 is 5.32 Å². The Bertz CT molecular complexity index is 678. The molecule has 1 aromatic rings. The Hall–Kier alpha value is -1.59. The van der Waals surface area contributed by atoms with Crippen LogP contribution in [-0.2, 0) is 9.59 Å². The maximum Gasteiger partial charge on any atom is 0.311 e. The van der Waals surface area contributed by atoms with Crippen molar-refractivity contribution >= 4 is 29.2 Å². The zero-order chi connectivity index (χ0) is 17.5. The fourth-order valence-corrected chi connectivity index (χ4v) is 4.28. The minimum absolute atomic E-state index is 0.124. The summed E-state index contributed by atoms with van der Waals surface area (Å²) in [6.07, 6.45) is 2.61. The summed E-state index contributed by atoms with van der Waals surface area (Å²) in [6, 6.07) is 5.01. The van der Waals surface area contributed by atoms with Crippen molar-refractivity contribution in [3.05, 3.63) is 28.8 Å². The molecule has 5 nitrogen and oxygen atoms in total. The first kappa shape index (κ1) is 17.2. The monoisotopic (exact) mass is 350 g/mol. The first-order valence-electron chi connectivity index (χ1n) is 8.38. The Labute approximate surface area is 147 Å². The Balaban J connectivity index is 1.71. The molecule has 24 heavy (non-hydrogen) atoms. The average Bonchev–Trinajstić information content (AvgIpc) is 3.08. The molecule has 6 heteroatoms. The second kappa shape index (κ2) is 6.37. The molecule has 3 atom stereocenters. The molecule has 1 aromatic carbocycles. The minimum atomic E-state index is -0.717. The first-order chi connectivity index (χ1) is 11.3. The number of aliphatic carboxylic acids is 1. The van der Waals surface area contributed by atoms with E-state index in [1.165, 1.54) is 0 Å². The van der Waals surface area contributed by atoms with Crippen LogP contribution in [-0.4, -0.2) is 41.0 Å². The smallest absolute Gasteiger partial charge is 0.311 e. The second-order valence-electron chi connectivity index (χ2n) is 7.10. The van der Waals surface area contributed by atoms with E-state index >= 15 is 0 Å². The lowest BCUT2D eigenvalue weighted by Gasteiger charge is -2.26. The number of halogens is 1. The summed E-state index contributed by atoms with van der Waals surface area (Å²) in [7, 11) is 0. The van der Waals surface area contributed by atoms with E-state index in [1.807, 2.05) is 24.8 Å². The molecule has 0 radical (unpaired) electrons. The number of nitrogens with one attached hydrogen (secondary N) is 1. The number of carbonyl (C=O) groups excluding carboxylic acids is 1. The third kappa shape index (κ3) is 2.91. The van der Waals surface area contributed by atoms with Crippen molar-refractivity contribution in [1.82, 2.24) is 4.90 Å². The molecule has 2 fully saturated rings. The van der Waals surface area contributed by atoms with Gasteiger partial charge in [0.15, 0.2) is 0 Å². The predicted molar refractivity (Wildman–Crippen MR) is 93.3 cm³/mol. The molecular formula is C18H23ClN2O3. The number of aryl methyl sites for hydroxylation is 1. The maximum absolute atomic E-state index is 12.6. The van der Waals surface area contributed by atoms with Crippen LogP contribution in [0.25, 0.3) is 0 Å².